The summed E-state index contributed by atoms with van der Waals surface area (Å²) in [5, 5.41) is 0. The van der Waals surface area contributed by atoms with E-state index in [0.29, 0.717) is 23.7 Å². The van der Waals surface area contributed by atoms with Gasteiger partial charge in [0, 0.05) is 17.7 Å². The van der Waals surface area contributed by atoms with Gasteiger partial charge < -0.3 is 9.47 Å². The number of aryl methyl sites for hydroxylation is 1. The largest absolute Gasteiger partial charge is 0.493 e. The Kier molecular flexibility index (Phi) is 4.57. The van der Waals surface area contributed by atoms with E-state index in [0.717, 1.165) is 22.8 Å². The van der Waals surface area contributed by atoms with Crippen LogP contribution in [0.2, 0.25) is 0 Å². The summed E-state index contributed by atoms with van der Waals surface area (Å²) in [4.78, 5) is 9.01. The van der Waals surface area contributed by atoms with Gasteiger partial charge in [0.15, 0.2) is 17.2 Å². The van der Waals surface area contributed by atoms with Crippen LogP contribution in [0.15, 0.2) is 65.0 Å². The van der Waals surface area contributed by atoms with Gasteiger partial charge in [-0.15, -0.1) is 0 Å². The summed E-state index contributed by atoms with van der Waals surface area (Å²) in [6, 6.07) is 10.8. The molecular formula is C22H21FN3O2+. The quantitative estimate of drug-likeness (QED) is 0.701. The number of methoxy groups -OCH3 is 1. The highest BCUT2D eigenvalue weighted by molar-refractivity contribution is 6.37. The summed E-state index contributed by atoms with van der Waals surface area (Å²) in [6.07, 6.45) is 7.49. The van der Waals surface area contributed by atoms with E-state index in [1.807, 2.05) is 37.5 Å². The van der Waals surface area contributed by atoms with E-state index < -0.39 is 0 Å². The lowest BCUT2D eigenvalue weighted by molar-refractivity contribution is 0.311. The van der Waals surface area contributed by atoms with Crippen LogP contribution in [-0.4, -0.2) is 25.8 Å². The Labute approximate surface area is 163 Å². The summed E-state index contributed by atoms with van der Waals surface area (Å²) in [5.41, 5.74) is 3.13. The van der Waals surface area contributed by atoms with Gasteiger partial charge in [0.2, 0.25) is 0 Å². The molecule has 4 rings (SSSR count). The number of amidine groups is 1. The van der Waals surface area contributed by atoms with Gasteiger partial charge >= 0.3 is 0 Å². The second-order valence-corrected chi connectivity index (χ2v) is 6.57. The normalized spacial score (nSPS) is 19.9. The van der Waals surface area contributed by atoms with E-state index in [-0.39, 0.29) is 10.3 Å². The summed E-state index contributed by atoms with van der Waals surface area (Å²) in [5.74, 6) is 1.89. The number of fused-ring (bicyclic) bond motifs is 1. The maximum Gasteiger partial charge on any atom is 0.261 e. The summed E-state index contributed by atoms with van der Waals surface area (Å²) < 4.78 is 25.1. The van der Waals surface area contributed by atoms with Crippen molar-refractivity contribution in [2.24, 2.45) is 9.98 Å². The van der Waals surface area contributed by atoms with Crippen LogP contribution in [0.4, 0.5) is 10.1 Å². The average molecular weight is 378 g/mol. The molecule has 0 N–H and O–H groups in total. The number of hydrogen-bond donors (Lipinski definition) is 0. The molecule has 2 aromatic carbocycles. The molecule has 1 unspecified atom stereocenters. The molecule has 0 amide bonds. The third-order valence-corrected chi connectivity index (χ3v) is 4.86. The smallest absolute Gasteiger partial charge is 0.261 e. The number of rotatable bonds is 5. The van der Waals surface area contributed by atoms with Gasteiger partial charge in [-0.1, -0.05) is 0 Å². The standard InChI is InChI=1S/C22H21FN3O2/c1-4-28-20-8-6-17(12-21(20)27-3)26-10-9-24-22(26)13-25-19(14-26)16-5-7-18(23)15(2)11-16/h5-14H,4H2,1-3H3/q+1. The highest BCUT2D eigenvalue weighted by Gasteiger charge is 2.39. The van der Waals surface area contributed by atoms with Crippen molar-refractivity contribution in [2.45, 2.75) is 13.8 Å². The van der Waals surface area contributed by atoms with Crippen LogP contribution in [0.25, 0.3) is 5.70 Å². The fourth-order valence-electron chi connectivity index (χ4n) is 3.39. The van der Waals surface area contributed by atoms with Gasteiger partial charge in [0.05, 0.1) is 19.9 Å². The Morgan fingerprint density at radius 3 is 2.71 bits per heavy atom. The van der Waals surface area contributed by atoms with Gasteiger partial charge in [-0.25, -0.2) is 9.38 Å². The molecule has 0 saturated carbocycles. The molecule has 2 heterocycles. The predicted molar refractivity (Wildman–Crippen MR) is 110 cm³/mol. The van der Waals surface area contributed by atoms with Crippen molar-refractivity contribution in [1.82, 2.24) is 4.48 Å². The van der Waals surface area contributed by atoms with Crippen molar-refractivity contribution in [3.8, 4) is 11.5 Å². The molecule has 2 aromatic rings. The Morgan fingerprint density at radius 2 is 1.96 bits per heavy atom. The van der Waals surface area contributed by atoms with E-state index >= 15 is 0 Å². The minimum atomic E-state index is -0.229. The van der Waals surface area contributed by atoms with E-state index in [9.17, 15) is 4.39 Å². The highest BCUT2D eigenvalue weighted by atomic mass is 19.1. The average Bonchev–Trinajstić information content (AvgIpc) is 3.15. The van der Waals surface area contributed by atoms with Crippen molar-refractivity contribution < 1.29 is 13.9 Å². The van der Waals surface area contributed by atoms with Crippen molar-refractivity contribution in [2.75, 3.05) is 13.7 Å². The van der Waals surface area contributed by atoms with Crippen LogP contribution < -0.4 is 14.0 Å². The molecule has 0 aliphatic carbocycles. The highest BCUT2D eigenvalue weighted by Crippen LogP contribution is 2.39. The molecule has 0 aromatic heterocycles. The van der Waals surface area contributed by atoms with Crippen molar-refractivity contribution in [3.05, 3.63) is 71.9 Å². The minimum Gasteiger partial charge on any atom is -0.493 e. The molecule has 142 valence electrons. The number of hydrogen-bond acceptors (Lipinski definition) is 4. The fourth-order valence-corrected chi connectivity index (χ4v) is 3.39. The molecule has 0 radical (unpaired) electrons. The zero-order valence-electron chi connectivity index (χ0n) is 16.0. The monoisotopic (exact) mass is 378 g/mol. The molecule has 0 saturated heterocycles. The fraction of sp³-hybridized carbons (Fsp3) is 0.182. The first-order valence-corrected chi connectivity index (χ1v) is 9.07. The predicted octanol–water partition coefficient (Wildman–Crippen LogP) is 4.82. The molecule has 2 aliphatic heterocycles. The van der Waals surface area contributed by atoms with Crippen LogP contribution in [-0.2, 0) is 0 Å². The van der Waals surface area contributed by atoms with Gasteiger partial charge in [-0.2, -0.15) is 9.48 Å². The maximum absolute atomic E-state index is 13.7. The topological polar surface area (TPSA) is 43.2 Å². The minimum absolute atomic E-state index is 0.229. The molecule has 1 atom stereocenters. The van der Waals surface area contributed by atoms with Gasteiger partial charge in [0.25, 0.3) is 5.84 Å². The van der Waals surface area contributed by atoms with Crippen molar-refractivity contribution in [3.63, 3.8) is 0 Å². The van der Waals surface area contributed by atoms with E-state index in [1.165, 1.54) is 6.07 Å². The molecule has 0 spiro atoms. The van der Waals surface area contributed by atoms with Crippen LogP contribution in [0, 0.1) is 12.7 Å². The summed E-state index contributed by atoms with van der Waals surface area (Å²) >= 11 is 0. The number of quaternary nitrogens is 1. The molecule has 6 heteroatoms. The Morgan fingerprint density at radius 1 is 1.11 bits per heavy atom. The van der Waals surface area contributed by atoms with Crippen LogP contribution in [0.3, 0.4) is 0 Å². The number of ether oxygens (including phenoxy) is 2. The molecule has 2 aliphatic rings. The molecular weight excluding hydrogens is 357 g/mol. The van der Waals surface area contributed by atoms with Crippen molar-refractivity contribution in [1.29, 1.82) is 0 Å². The van der Waals surface area contributed by atoms with Gasteiger partial charge in [0.1, 0.15) is 30.1 Å². The van der Waals surface area contributed by atoms with E-state index in [1.54, 1.807) is 38.6 Å². The SMILES string of the molecule is CCOc1ccc([N+]23C=CN=C2C=NC(c2ccc(F)c(C)c2)=C3)cc1OC. The number of aliphatic imine (C=N–C) groups is 2. The van der Waals surface area contributed by atoms with Crippen LogP contribution in [0.5, 0.6) is 11.5 Å². The lowest BCUT2D eigenvalue weighted by Gasteiger charge is -2.29. The molecule has 0 fully saturated rings. The lowest BCUT2D eigenvalue weighted by atomic mass is 10.1. The molecule has 0 bridgehead atoms. The first-order valence-electron chi connectivity index (χ1n) is 9.07. The second kappa shape index (κ2) is 7.05. The van der Waals surface area contributed by atoms with Crippen molar-refractivity contribution >= 4 is 23.4 Å². The zero-order chi connectivity index (χ0) is 19.7. The first-order chi connectivity index (χ1) is 13.6. The summed E-state index contributed by atoms with van der Waals surface area (Å²) in [6.45, 7) is 4.24. The van der Waals surface area contributed by atoms with Gasteiger partial charge in [-0.05, 0) is 43.7 Å². The first kappa shape index (κ1) is 18.1. The number of benzene rings is 2. The van der Waals surface area contributed by atoms with Gasteiger partial charge in [-0.3, -0.25) is 0 Å². The Hall–Kier alpha value is -3.25. The Balaban J connectivity index is 1.83. The molecule has 5 nitrogen and oxygen atoms in total. The maximum atomic E-state index is 13.7. The number of nitrogens with zero attached hydrogens (tertiary/aromatic N) is 3. The Bertz CT molecular complexity index is 1060. The molecule has 28 heavy (non-hydrogen) atoms. The number of halogens is 1. The van der Waals surface area contributed by atoms with E-state index in [4.69, 9.17) is 9.47 Å². The van der Waals surface area contributed by atoms with Crippen LogP contribution in [0.1, 0.15) is 18.1 Å². The zero-order valence-corrected chi connectivity index (χ0v) is 16.0. The summed E-state index contributed by atoms with van der Waals surface area (Å²) in [7, 11) is 1.62. The van der Waals surface area contributed by atoms with E-state index in [2.05, 4.69) is 9.98 Å². The third-order valence-electron chi connectivity index (χ3n) is 4.86. The lowest BCUT2D eigenvalue weighted by Crippen LogP contribution is -2.45. The third kappa shape index (κ3) is 2.92. The second-order valence-electron chi connectivity index (χ2n) is 6.57. The van der Waals surface area contributed by atoms with Crippen LogP contribution >= 0.6 is 0 Å².